The maximum absolute atomic E-state index is 12.8. The lowest BCUT2D eigenvalue weighted by Crippen LogP contribution is -1.96. The van der Waals surface area contributed by atoms with E-state index in [0.29, 0.717) is 6.61 Å². The Morgan fingerprint density at radius 3 is 2.17 bits per heavy atom. The highest BCUT2D eigenvalue weighted by molar-refractivity contribution is 9.10. The lowest BCUT2D eigenvalue weighted by atomic mass is 10.1. The van der Waals surface area contributed by atoms with Crippen molar-refractivity contribution in [2.45, 2.75) is 20.5 Å². The Bertz CT molecular complexity index is 526. The summed E-state index contributed by atoms with van der Waals surface area (Å²) in [4.78, 5) is 0. The lowest BCUT2D eigenvalue weighted by Gasteiger charge is -2.10. The van der Waals surface area contributed by atoms with Gasteiger partial charge in [0.1, 0.15) is 18.2 Å². The van der Waals surface area contributed by atoms with Crippen LogP contribution in [0.25, 0.3) is 0 Å². The molecule has 18 heavy (non-hydrogen) atoms. The van der Waals surface area contributed by atoms with Crippen LogP contribution in [-0.2, 0) is 6.61 Å². The largest absolute Gasteiger partial charge is 0.489 e. The van der Waals surface area contributed by atoms with Crippen LogP contribution < -0.4 is 4.74 Å². The number of rotatable bonds is 3. The van der Waals surface area contributed by atoms with Gasteiger partial charge in [0, 0.05) is 4.47 Å². The highest BCUT2D eigenvalue weighted by Gasteiger charge is 2.03. The molecular formula is C15H14BrFO. The van der Waals surface area contributed by atoms with Gasteiger partial charge in [0.05, 0.1) is 0 Å². The van der Waals surface area contributed by atoms with Crippen LogP contribution in [-0.4, -0.2) is 0 Å². The van der Waals surface area contributed by atoms with Crippen LogP contribution in [0.5, 0.6) is 5.75 Å². The van der Waals surface area contributed by atoms with E-state index in [-0.39, 0.29) is 5.82 Å². The fourth-order valence-corrected chi connectivity index (χ4v) is 1.97. The van der Waals surface area contributed by atoms with E-state index in [4.69, 9.17) is 4.74 Å². The first-order valence-electron chi connectivity index (χ1n) is 5.70. The lowest BCUT2D eigenvalue weighted by molar-refractivity contribution is 0.305. The van der Waals surface area contributed by atoms with Gasteiger partial charge in [-0.3, -0.25) is 0 Å². The van der Waals surface area contributed by atoms with Crippen molar-refractivity contribution in [2.75, 3.05) is 0 Å². The topological polar surface area (TPSA) is 9.23 Å². The van der Waals surface area contributed by atoms with Gasteiger partial charge in [0.25, 0.3) is 0 Å². The number of hydrogen-bond acceptors (Lipinski definition) is 1. The average Bonchev–Trinajstić information content (AvgIpc) is 2.35. The maximum atomic E-state index is 12.8. The van der Waals surface area contributed by atoms with E-state index in [1.165, 1.54) is 12.1 Å². The van der Waals surface area contributed by atoms with Crippen molar-refractivity contribution in [1.82, 2.24) is 0 Å². The van der Waals surface area contributed by atoms with Crippen molar-refractivity contribution in [3.05, 3.63) is 63.4 Å². The first-order chi connectivity index (χ1) is 8.56. The van der Waals surface area contributed by atoms with Gasteiger partial charge in [0.15, 0.2) is 0 Å². The van der Waals surface area contributed by atoms with Crippen molar-refractivity contribution in [3.8, 4) is 5.75 Å². The van der Waals surface area contributed by atoms with Crippen molar-refractivity contribution in [1.29, 1.82) is 0 Å². The Hall–Kier alpha value is -1.35. The van der Waals surface area contributed by atoms with Crippen molar-refractivity contribution in [2.24, 2.45) is 0 Å². The fraction of sp³-hybridized carbons (Fsp3) is 0.200. The molecule has 2 rings (SSSR count). The Kier molecular flexibility index (Phi) is 4.02. The smallest absolute Gasteiger partial charge is 0.123 e. The van der Waals surface area contributed by atoms with Gasteiger partial charge in [-0.1, -0.05) is 28.1 Å². The van der Waals surface area contributed by atoms with Crippen LogP contribution in [0.2, 0.25) is 0 Å². The molecule has 0 heterocycles. The molecular weight excluding hydrogens is 295 g/mol. The molecule has 0 N–H and O–H groups in total. The fourth-order valence-electron chi connectivity index (χ4n) is 1.74. The Morgan fingerprint density at radius 2 is 1.61 bits per heavy atom. The molecule has 0 fully saturated rings. The third kappa shape index (κ3) is 3.10. The van der Waals surface area contributed by atoms with Gasteiger partial charge in [-0.2, -0.15) is 0 Å². The van der Waals surface area contributed by atoms with Gasteiger partial charge < -0.3 is 4.74 Å². The summed E-state index contributed by atoms with van der Waals surface area (Å²) in [6, 6.07) is 10.3. The Balaban J connectivity index is 2.08. The minimum atomic E-state index is -0.228. The molecule has 0 bridgehead atoms. The monoisotopic (exact) mass is 308 g/mol. The summed E-state index contributed by atoms with van der Waals surface area (Å²) in [5.74, 6) is 0.603. The summed E-state index contributed by atoms with van der Waals surface area (Å²) >= 11 is 3.52. The molecule has 0 aromatic heterocycles. The first kappa shape index (κ1) is 13.1. The maximum Gasteiger partial charge on any atom is 0.123 e. The number of hydrogen-bond donors (Lipinski definition) is 0. The van der Waals surface area contributed by atoms with Crippen LogP contribution in [0.3, 0.4) is 0 Å². The molecule has 0 amide bonds. The van der Waals surface area contributed by atoms with Crippen molar-refractivity contribution >= 4 is 15.9 Å². The molecule has 3 heteroatoms. The Morgan fingerprint density at radius 1 is 1.06 bits per heavy atom. The summed E-state index contributed by atoms with van der Waals surface area (Å²) < 4.78 is 19.6. The molecule has 0 spiro atoms. The second-order valence-electron chi connectivity index (χ2n) is 4.29. The number of ether oxygens (including phenoxy) is 1. The zero-order valence-corrected chi connectivity index (χ0v) is 11.9. The van der Waals surface area contributed by atoms with E-state index in [1.807, 2.05) is 26.0 Å². The minimum Gasteiger partial charge on any atom is -0.489 e. The number of halogens is 2. The molecule has 0 aliphatic rings. The minimum absolute atomic E-state index is 0.228. The molecule has 0 unspecified atom stereocenters. The quantitative estimate of drug-likeness (QED) is 0.792. The van der Waals surface area contributed by atoms with E-state index in [9.17, 15) is 4.39 Å². The van der Waals surface area contributed by atoms with Crippen molar-refractivity contribution < 1.29 is 9.13 Å². The van der Waals surface area contributed by atoms with Crippen LogP contribution in [0, 0.1) is 19.7 Å². The van der Waals surface area contributed by atoms with Crippen LogP contribution in [0.15, 0.2) is 40.9 Å². The van der Waals surface area contributed by atoms with E-state index < -0.39 is 0 Å². The third-order valence-corrected chi connectivity index (χ3v) is 3.98. The second-order valence-corrected chi connectivity index (χ2v) is 5.08. The zero-order chi connectivity index (χ0) is 13.1. The van der Waals surface area contributed by atoms with E-state index in [2.05, 4.69) is 15.9 Å². The van der Waals surface area contributed by atoms with Gasteiger partial charge in [-0.05, 0) is 54.8 Å². The zero-order valence-electron chi connectivity index (χ0n) is 10.3. The summed E-state index contributed by atoms with van der Waals surface area (Å²) in [6.45, 7) is 4.50. The van der Waals surface area contributed by atoms with Gasteiger partial charge in [0.2, 0.25) is 0 Å². The predicted molar refractivity (Wildman–Crippen MR) is 74.3 cm³/mol. The molecule has 0 aliphatic heterocycles. The highest BCUT2D eigenvalue weighted by Crippen LogP contribution is 2.26. The van der Waals surface area contributed by atoms with Crippen LogP contribution in [0.4, 0.5) is 4.39 Å². The molecule has 2 aromatic carbocycles. The summed E-state index contributed by atoms with van der Waals surface area (Å²) in [6.07, 6.45) is 0. The van der Waals surface area contributed by atoms with Crippen LogP contribution >= 0.6 is 15.9 Å². The summed E-state index contributed by atoms with van der Waals surface area (Å²) in [5.41, 5.74) is 3.24. The van der Waals surface area contributed by atoms with E-state index >= 15 is 0 Å². The molecule has 0 aliphatic carbocycles. The standard InChI is InChI=1S/C15H14BrFO/c1-10-7-14(8-11(2)15(10)16)18-9-12-3-5-13(17)6-4-12/h3-8H,9H2,1-2H3. The van der Waals surface area contributed by atoms with E-state index in [0.717, 1.165) is 26.9 Å². The molecule has 94 valence electrons. The molecule has 2 aromatic rings. The van der Waals surface area contributed by atoms with Gasteiger partial charge in [-0.15, -0.1) is 0 Å². The van der Waals surface area contributed by atoms with Gasteiger partial charge >= 0.3 is 0 Å². The normalized spacial score (nSPS) is 10.4. The molecule has 0 atom stereocenters. The molecule has 0 saturated heterocycles. The third-order valence-electron chi connectivity index (χ3n) is 2.73. The first-order valence-corrected chi connectivity index (χ1v) is 6.49. The highest BCUT2D eigenvalue weighted by atomic mass is 79.9. The molecule has 1 nitrogen and oxygen atoms in total. The number of aryl methyl sites for hydroxylation is 2. The van der Waals surface area contributed by atoms with Crippen molar-refractivity contribution in [3.63, 3.8) is 0 Å². The molecule has 0 saturated carbocycles. The van der Waals surface area contributed by atoms with Crippen LogP contribution in [0.1, 0.15) is 16.7 Å². The predicted octanol–water partition coefficient (Wildman–Crippen LogP) is 4.78. The summed E-state index contributed by atoms with van der Waals surface area (Å²) in [5, 5.41) is 0. The van der Waals surface area contributed by atoms with Gasteiger partial charge in [-0.25, -0.2) is 4.39 Å². The molecule has 0 radical (unpaired) electrons. The summed E-state index contributed by atoms with van der Waals surface area (Å²) in [7, 11) is 0. The average molecular weight is 309 g/mol. The number of benzene rings is 2. The Labute approximate surface area is 115 Å². The second kappa shape index (κ2) is 5.53. The SMILES string of the molecule is Cc1cc(OCc2ccc(F)cc2)cc(C)c1Br. The van der Waals surface area contributed by atoms with E-state index in [1.54, 1.807) is 12.1 Å².